The van der Waals surface area contributed by atoms with Gasteiger partial charge in [-0.2, -0.15) is 0 Å². The van der Waals surface area contributed by atoms with E-state index in [1.165, 1.54) is 0 Å². The van der Waals surface area contributed by atoms with Crippen LogP contribution in [0.5, 0.6) is 11.5 Å². The number of rotatable bonds is 6. The molecule has 2 unspecified atom stereocenters. The maximum Gasteiger partial charge on any atom is 0.320 e. The summed E-state index contributed by atoms with van der Waals surface area (Å²) in [7, 11) is 3.24. The summed E-state index contributed by atoms with van der Waals surface area (Å²) in [6.07, 6.45) is 2.57. The largest absolute Gasteiger partial charge is 0.493 e. The van der Waals surface area contributed by atoms with E-state index in [4.69, 9.17) is 9.47 Å². The van der Waals surface area contributed by atoms with Crippen LogP contribution in [0, 0.1) is 0 Å². The maximum atomic E-state index is 12.1. The lowest BCUT2D eigenvalue weighted by Crippen LogP contribution is -2.46. The van der Waals surface area contributed by atoms with Gasteiger partial charge < -0.3 is 14.6 Å². The SMILES string of the molecule is COc1ccc(C(c2cccc3ccccc23)N2CCCCC2C(=O)O)cc1OC. The Morgan fingerprint density at radius 1 is 1.00 bits per heavy atom. The molecule has 1 aliphatic heterocycles. The van der Waals surface area contributed by atoms with E-state index >= 15 is 0 Å². The Hall–Kier alpha value is -3.05. The molecule has 4 rings (SSSR count). The first kappa shape index (κ1) is 20.2. The second kappa shape index (κ2) is 8.76. The first-order valence-corrected chi connectivity index (χ1v) is 10.3. The average molecular weight is 405 g/mol. The Labute approximate surface area is 176 Å². The van der Waals surface area contributed by atoms with Crippen LogP contribution in [0.25, 0.3) is 10.8 Å². The molecule has 0 bridgehead atoms. The number of hydrogen-bond donors (Lipinski definition) is 1. The molecule has 0 spiro atoms. The summed E-state index contributed by atoms with van der Waals surface area (Å²) in [6.45, 7) is 0.735. The Morgan fingerprint density at radius 3 is 2.53 bits per heavy atom. The van der Waals surface area contributed by atoms with E-state index in [0.29, 0.717) is 17.9 Å². The normalized spacial score (nSPS) is 18.1. The fraction of sp³-hybridized carbons (Fsp3) is 0.320. The summed E-state index contributed by atoms with van der Waals surface area (Å²) in [5, 5.41) is 12.2. The molecule has 5 heteroatoms. The molecule has 0 radical (unpaired) electrons. The number of ether oxygens (including phenoxy) is 2. The molecule has 1 aliphatic rings. The van der Waals surface area contributed by atoms with Crippen LogP contribution in [-0.2, 0) is 4.79 Å². The number of nitrogens with zero attached hydrogens (tertiary/aromatic N) is 1. The zero-order valence-corrected chi connectivity index (χ0v) is 17.4. The van der Waals surface area contributed by atoms with E-state index in [1.807, 2.05) is 36.4 Å². The van der Waals surface area contributed by atoms with Crippen LogP contribution >= 0.6 is 0 Å². The molecule has 5 nitrogen and oxygen atoms in total. The first-order valence-electron chi connectivity index (χ1n) is 10.3. The van der Waals surface area contributed by atoms with Crippen molar-refractivity contribution in [3.05, 3.63) is 71.8 Å². The van der Waals surface area contributed by atoms with Gasteiger partial charge in [-0.3, -0.25) is 9.69 Å². The van der Waals surface area contributed by atoms with E-state index < -0.39 is 12.0 Å². The molecule has 3 aromatic rings. The van der Waals surface area contributed by atoms with Crippen molar-refractivity contribution in [1.82, 2.24) is 4.90 Å². The molecule has 2 atom stereocenters. The molecule has 0 aromatic heterocycles. The molecule has 1 heterocycles. The molecule has 1 saturated heterocycles. The van der Waals surface area contributed by atoms with Gasteiger partial charge in [0.15, 0.2) is 11.5 Å². The van der Waals surface area contributed by atoms with Crippen molar-refractivity contribution in [1.29, 1.82) is 0 Å². The fourth-order valence-electron chi connectivity index (χ4n) is 4.59. The van der Waals surface area contributed by atoms with Crippen LogP contribution < -0.4 is 9.47 Å². The van der Waals surface area contributed by atoms with Gasteiger partial charge in [0.05, 0.1) is 20.3 Å². The summed E-state index contributed by atoms with van der Waals surface area (Å²) in [6, 6.07) is 19.7. The summed E-state index contributed by atoms with van der Waals surface area (Å²) in [5.41, 5.74) is 2.10. The van der Waals surface area contributed by atoms with Crippen molar-refractivity contribution in [2.24, 2.45) is 0 Å². The number of carbonyl (C=O) groups is 1. The number of likely N-dealkylation sites (tertiary alicyclic amines) is 1. The monoisotopic (exact) mass is 405 g/mol. The second-order valence-electron chi connectivity index (χ2n) is 7.67. The van der Waals surface area contributed by atoms with E-state index in [0.717, 1.165) is 41.3 Å². The lowest BCUT2D eigenvalue weighted by Gasteiger charge is -2.40. The Bertz CT molecular complexity index is 1040. The first-order chi connectivity index (χ1) is 14.6. The minimum absolute atomic E-state index is 0.197. The highest BCUT2D eigenvalue weighted by Crippen LogP contribution is 2.40. The van der Waals surface area contributed by atoms with Gasteiger partial charge in [0, 0.05) is 0 Å². The maximum absolute atomic E-state index is 12.1. The second-order valence-corrected chi connectivity index (χ2v) is 7.67. The number of benzene rings is 3. The van der Waals surface area contributed by atoms with Crippen LogP contribution in [-0.4, -0.2) is 42.8 Å². The average Bonchev–Trinajstić information content (AvgIpc) is 2.79. The number of hydrogen-bond acceptors (Lipinski definition) is 4. The minimum Gasteiger partial charge on any atom is -0.493 e. The van der Waals surface area contributed by atoms with Gasteiger partial charge in [0.25, 0.3) is 0 Å². The quantitative estimate of drug-likeness (QED) is 0.633. The van der Waals surface area contributed by atoms with Crippen molar-refractivity contribution in [2.45, 2.75) is 31.3 Å². The lowest BCUT2D eigenvalue weighted by molar-refractivity contribution is -0.145. The van der Waals surface area contributed by atoms with Crippen molar-refractivity contribution >= 4 is 16.7 Å². The van der Waals surface area contributed by atoms with Crippen LogP contribution in [0.1, 0.15) is 36.4 Å². The molecule has 1 N–H and O–H groups in total. The third kappa shape index (κ3) is 3.73. The summed E-state index contributed by atoms with van der Waals surface area (Å²) >= 11 is 0. The van der Waals surface area contributed by atoms with Gasteiger partial charge in [-0.25, -0.2) is 0 Å². The van der Waals surface area contributed by atoms with E-state index in [9.17, 15) is 9.90 Å². The molecular weight excluding hydrogens is 378 g/mol. The van der Waals surface area contributed by atoms with Crippen LogP contribution in [0.2, 0.25) is 0 Å². The molecular formula is C25H27NO4. The summed E-state index contributed by atoms with van der Waals surface area (Å²) in [5.74, 6) is 0.538. The van der Waals surface area contributed by atoms with Gasteiger partial charge in [-0.1, -0.05) is 55.0 Å². The zero-order chi connectivity index (χ0) is 21.1. The zero-order valence-electron chi connectivity index (χ0n) is 17.4. The third-order valence-electron chi connectivity index (χ3n) is 6.00. The number of carboxylic acids is 1. The standard InChI is InChI=1S/C25H27NO4/c1-29-22-14-13-18(16-23(22)30-2)24(26-15-6-5-12-21(26)25(27)28)20-11-7-9-17-8-3-4-10-19(17)20/h3-4,7-11,13-14,16,21,24H,5-6,12,15H2,1-2H3,(H,27,28). The van der Waals surface area contributed by atoms with Gasteiger partial charge in [-0.05, 0) is 53.4 Å². The Kier molecular flexibility index (Phi) is 5.91. The highest BCUT2D eigenvalue weighted by molar-refractivity contribution is 5.86. The van der Waals surface area contributed by atoms with Crippen LogP contribution in [0.4, 0.5) is 0 Å². The number of methoxy groups -OCH3 is 2. The van der Waals surface area contributed by atoms with Gasteiger partial charge in [0.1, 0.15) is 6.04 Å². The Balaban J connectivity index is 1.92. The highest BCUT2D eigenvalue weighted by Gasteiger charge is 2.36. The van der Waals surface area contributed by atoms with Crippen molar-refractivity contribution in [3.8, 4) is 11.5 Å². The molecule has 156 valence electrons. The van der Waals surface area contributed by atoms with Crippen LogP contribution in [0.3, 0.4) is 0 Å². The van der Waals surface area contributed by atoms with Gasteiger partial charge in [-0.15, -0.1) is 0 Å². The van der Waals surface area contributed by atoms with Crippen molar-refractivity contribution in [2.75, 3.05) is 20.8 Å². The van der Waals surface area contributed by atoms with Crippen molar-refractivity contribution < 1.29 is 19.4 Å². The molecule has 0 aliphatic carbocycles. The molecule has 0 amide bonds. The molecule has 30 heavy (non-hydrogen) atoms. The van der Waals surface area contributed by atoms with E-state index in [1.54, 1.807) is 14.2 Å². The predicted octanol–water partition coefficient (Wildman–Crippen LogP) is 4.89. The summed E-state index contributed by atoms with van der Waals surface area (Å²) in [4.78, 5) is 14.3. The summed E-state index contributed by atoms with van der Waals surface area (Å²) < 4.78 is 11.0. The smallest absolute Gasteiger partial charge is 0.320 e. The third-order valence-corrected chi connectivity index (χ3v) is 6.00. The number of carboxylic acid groups (broad SMARTS) is 1. The number of piperidine rings is 1. The molecule has 1 fully saturated rings. The van der Waals surface area contributed by atoms with Gasteiger partial charge in [0.2, 0.25) is 0 Å². The molecule has 0 saturated carbocycles. The van der Waals surface area contributed by atoms with Crippen molar-refractivity contribution in [3.63, 3.8) is 0 Å². The van der Waals surface area contributed by atoms with Crippen LogP contribution in [0.15, 0.2) is 60.7 Å². The van der Waals surface area contributed by atoms with E-state index in [-0.39, 0.29) is 6.04 Å². The highest BCUT2D eigenvalue weighted by atomic mass is 16.5. The Morgan fingerprint density at radius 2 is 1.77 bits per heavy atom. The number of fused-ring (bicyclic) bond motifs is 1. The topological polar surface area (TPSA) is 59.0 Å². The number of aliphatic carboxylic acids is 1. The predicted molar refractivity (Wildman–Crippen MR) is 117 cm³/mol. The van der Waals surface area contributed by atoms with Gasteiger partial charge >= 0.3 is 5.97 Å². The fourth-order valence-corrected chi connectivity index (χ4v) is 4.59. The molecule has 3 aromatic carbocycles. The minimum atomic E-state index is -0.764. The lowest BCUT2D eigenvalue weighted by atomic mass is 9.89. The van der Waals surface area contributed by atoms with E-state index in [2.05, 4.69) is 29.2 Å².